The lowest BCUT2D eigenvalue weighted by molar-refractivity contribution is -0.144. The van der Waals surface area contributed by atoms with Crippen LogP contribution in [0.25, 0.3) is 0 Å². The van der Waals surface area contributed by atoms with Gasteiger partial charge in [-0.25, -0.2) is 9.78 Å². The number of aromatic nitrogens is 2. The fraction of sp³-hybridized carbons (Fsp3) is 0.579. The summed E-state index contributed by atoms with van der Waals surface area (Å²) in [6, 6.07) is -5.78. The number of carboxylic acids is 1. The largest absolute Gasteiger partial charge is 0.480 e. The van der Waals surface area contributed by atoms with Gasteiger partial charge in [-0.05, 0) is 13.8 Å². The molecule has 0 aliphatic rings. The third kappa shape index (κ3) is 9.65. The third-order valence-electron chi connectivity index (χ3n) is 4.70. The van der Waals surface area contributed by atoms with E-state index < -0.39 is 79.1 Å². The molecule has 0 bridgehead atoms. The standard InChI is InChI=1S/C19H31N7O9/c1-8(28)14(26-16(31)11(20)3-10-4-21-7-23-10)17(32)22-5-13(30)25-15(9(2)29)18(33)24-12(6-27)19(34)35/h4,7-9,11-12,14-15,27-29H,3,5-6,20H2,1-2H3,(H,21,23)(H,22,32)(H,24,33)(H,25,30)(H,26,31)(H,34,35)/t8-,9-,11+,12+,14+,15+/m1/s1. The highest BCUT2D eigenvalue weighted by molar-refractivity contribution is 5.94. The van der Waals surface area contributed by atoms with Crippen LogP contribution in [-0.2, 0) is 30.4 Å². The van der Waals surface area contributed by atoms with Crippen molar-refractivity contribution in [1.82, 2.24) is 31.2 Å². The van der Waals surface area contributed by atoms with Gasteiger partial charge in [0, 0.05) is 18.3 Å². The number of aliphatic carboxylic acids is 1. The third-order valence-corrected chi connectivity index (χ3v) is 4.70. The molecule has 0 aromatic carbocycles. The summed E-state index contributed by atoms with van der Waals surface area (Å²) in [5.41, 5.74) is 6.38. The number of nitrogens with one attached hydrogen (secondary N) is 5. The number of rotatable bonds is 14. The van der Waals surface area contributed by atoms with Gasteiger partial charge < -0.3 is 52.4 Å². The predicted octanol–water partition coefficient (Wildman–Crippen LogP) is -5.31. The zero-order valence-electron chi connectivity index (χ0n) is 19.1. The molecule has 1 aromatic rings. The van der Waals surface area contributed by atoms with Crippen LogP contribution in [0.3, 0.4) is 0 Å². The molecule has 0 saturated heterocycles. The Morgan fingerprint density at radius 3 is 2.09 bits per heavy atom. The van der Waals surface area contributed by atoms with Crippen molar-refractivity contribution < 1.29 is 44.4 Å². The number of imidazole rings is 1. The summed E-state index contributed by atoms with van der Waals surface area (Å²) in [7, 11) is 0. The minimum Gasteiger partial charge on any atom is -0.480 e. The molecule has 6 atom stereocenters. The van der Waals surface area contributed by atoms with Crippen LogP contribution >= 0.6 is 0 Å². The maximum atomic E-state index is 12.4. The highest BCUT2D eigenvalue weighted by atomic mass is 16.4. The normalized spacial score (nSPS) is 16.1. The molecular formula is C19H31N7O9. The van der Waals surface area contributed by atoms with Gasteiger partial charge in [0.25, 0.3) is 0 Å². The van der Waals surface area contributed by atoms with Crippen molar-refractivity contribution >= 4 is 29.6 Å². The van der Waals surface area contributed by atoms with Crippen molar-refractivity contribution in [2.45, 2.75) is 56.6 Å². The number of aliphatic hydroxyl groups excluding tert-OH is 3. The highest BCUT2D eigenvalue weighted by Gasteiger charge is 2.31. The summed E-state index contributed by atoms with van der Waals surface area (Å²) in [5, 5.41) is 46.1. The monoisotopic (exact) mass is 501 g/mol. The van der Waals surface area contributed by atoms with Crippen LogP contribution in [0.4, 0.5) is 0 Å². The second-order valence-corrected chi connectivity index (χ2v) is 7.70. The number of H-pyrrole nitrogens is 1. The molecule has 11 N–H and O–H groups in total. The number of hydrogen-bond donors (Lipinski definition) is 10. The number of carbonyl (C=O) groups is 5. The van der Waals surface area contributed by atoms with Gasteiger partial charge in [0.2, 0.25) is 23.6 Å². The minimum absolute atomic E-state index is 0.0875. The first kappa shape index (κ1) is 29.4. The van der Waals surface area contributed by atoms with Gasteiger partial charge >= 0.3 is 5.97 Å². The number of hydrogen-bond acceptors (Lipinski definition) is 10. The molecule has 0 unspecified atom stereocenters. The van der Waals surface area contributed by atoms with Gasteiger partial charge in [-0.3, -0.25) is 19.2 Å². The van der Waals surface area contributed by atoms with Crippen molar-refractivity contribution in [3.63, 3.8) is 0 Å². The van der Waals surface area contributed by atoms with Gasteiger partial charge in [-0.1, -0.05) is 0 Å². The second-order valence-electron chi connectivity index (χ2n) is 7.70. The molecule has 1 rings (SSSR count). The fourth-order valence-corrected chi connectivity index (χ4v) is 2.75. The Morgan fingerprint density at radius 1 is 1.00 bits per heavy atom. The lowest BCUT2D eigenvalue weighted by Gasteiger charge is -2.24. The van der Waals surface area contributed by atoms with Crippen LogP contribution in [0.15, 0.2) is 12.5 Å². The molecule has 0 saturated carbocycles. The van der Waals surface area contributed by atoms with Crippen LogP contribution in [0.1, 0.15) is 19.5 Å². The average molecular weight is 501 g/mol. The first-order valence-corrected chi connectivity index (χ1v) is 10.5. The maximum absolute atomic E-state index is 12.4. The minimum atomic E-state index is -1.66. The van der Waals surface area contributed by atoms with Crippen LogP contribution in [0.2, 0.25) is 0 Å². The van der Waals surface area contributed by atoms with E-state index in [1.54, 1.807) is 0 Å². The smallest absolute Gasteiger partial charge is 0.328 e. The number of carboxylic acid groups (broad SMARTS) is 1. The molecule has 0 aliphatic carbocycles. The van der Waals surface area contributed by atoms with Gasteiger partial charge in [0.1, 0.15) is 18.1 Å². The maximum Gasteiger partial charge on any atom is 0.328 e. The van der Waals surface area contributed by atoms with E-state index in [1.165, 1.54) is 19.4 Å². The van der Waals surface area contributed by atoms with Gasteiger partial charge in [0.15, 0.2) is 0 Å². The number of nitrogens with two attached hydrogens (primary N) is 1. The summed E-state index contributed by atoms with van der Waals surface area (Å²) in [6.45, 7) is 0.759. The van der Waals surface area contributed by atoms with E-state index in [9.17, 15) is 34.2 Å². The first-order valence-electron chi connectivity index (χ1n) is 10.5. The Bertz CT molecular complexity index is 876. The molecule has 0 aliphatic heterocycles. The Labute approximate surface area is 199 Å². The molecule has 1 aromatic heterocycles. The summed E-state index contributed by atoms with van der Waals surface area (Å²) >= 11 is 0. The number of aliphatic hydroxyl groups is 3. The van der Waals surface area contributed by atoms with Gasteiger partial charge in [-0.15, -0.1) is 0 Å². The molecule has 0 fully saturated rings. The lowest BCUT2D eigenvalue weighted by atomic mass is 10.1. The number of carbonyl (C=O) groups excluding carboxylic acids is 4. The fourth-order valence-electron chi connectivity index (χ4n) is 2.75. The lowest BCUT2D eigenvalue weighted by Crippen LogP contribution is -2.59. The van der Waals surface area contributed by atoms with Crippen molar-refractivity contribution in [2.75, 3.05) is 13.2 Å². The molecule has 35 heavy (non-hydrogen) atoms. The van der Waals surface area contributed by atoms with Crippen LogP contribution < -0.4 is 27.0 Å². The predicted molar refractivity (Wildman–Crippen MR) is 117 cm³/mol. The zero-order chi connectivity index (χ0) is 26.7. The molecule has 196 valence electrons. The summed E-state index contributed by atoms with van der Waals surface area (Å²) in [6.07, 6.45) is 0.147. The van der Waals surface area contributed by atoms with Crippen LogP contribution in [0.5, 0.6) is 0 Å². The van der Waals surface area contributed by atoms with E-state index in [1.807, 2.05) is 5.32 Å². The first-order chi connectivity index (χ1) is 16.4. The van der Waals surface area contributed by atoms with Crippen molar-refractivity contribution in [3.05, 3.63) is 18.2 Å². The van der Waals surface area contributed by atoms with Gasteiger partial charge in [-0.2, -0.15) is 0 Å². The molecular weight excluding hydrogens is 470 g/mol. The van der Waals surface area contributed by atoms with Crippen molar-refractivity contribution in [3.8, 4) is 0 Å². The highest BCUT2D eigenvalue weighted by Crippen LogP contribution is 2.00. The number of aromatic amines is 1. The SMILES string of the molecule is C[C@@H](O)[C@H](NC(=O)CNC(=O)[C@@H](NC(=O)[C@@H](N)Cc1cnc[nH]1)[C@@H](C)O)C(=O)N[C@@H](CO)C(=O)O. The van der Waals surface area contributed by atoms with E-state index >= 15 is 0 Å². The Balaban J connectivity index is 2.67. The van der Waals surface area contributed by atoms with E-state index in [0.29, 0.717) is 5.69 Å². The molecule has 16 heteroatoms. The molecule has 0 spiro atoms. The Kier molecular flexibility index (Phi) is 11.7. The summed E-state index contributed by atoms with van der Waals surface area (Å²) in [4.78, 5) is 66.6. The van der Waals surface area contributed by atoms with E-state index in [-0.39, 0.29) is 6.42 Å². The average Bonchev–Trinajstić information content (AvgIpc) is 3.29. The molecule has 16 nitrogen and oxygen atoms in total. The topological polar surface area (TPSA) is 269 Å². The Morgan fingerprint density at radius 2 is 1.60 bits per heavy atom. The molecule has 4 amide bonds. The summed E-state index contributed by atoms with van der Waals surface area (Å²) < 4.78 is 0. The van der Waals surface area contributed by atoms with Gasteiger partial charge in [0.05, 0.1) is 37.7 Å². The number of amides is 4. The van der Waals surface area contributed by atoms with E-state index in [4.69, 9.17) is 15.9 Å². The van der Waals surface area contributed by atoms with Crippen molar-refractivity contribution in [2.24, 2.45) is 5.73 Å². The molecule has 1 heterocycles. The van der Waals surface area contributed by atoms with Crippen molar-refractivity contribution in [1.29, 1.82) is 0 Å². The zero-order valence-corrected chi connectivity index (χ0v) is 19.1. The quantitative estimate of drug-likeness (QED) is 0.115. The van der Waals surface area contributed by atoms with Crippen LogP contribution in [0, 0.1) is 0 Å². The summed E-state index contributed by atoms with van der Waals surface area (Å²) in [5.74, 6) is -5.23. The van der Waals surface area contributed by atoms with Crippen LogP contribution in [-0.4, -0.2) is 110 Å². The molecule has 0 radical (unpaired) electrons. The second kappa shape index (κ2) is 14.0. The number of nitrogens with zero attached hydrogens (tertiary/aromatic N) is 1. The Hall–Kier alpha value is -3.60. The van der Waals surface area contributed by atoms with E-state index in [2.05, 4.69) is 25.9 Å². The van der Waals surface area contributed by atoms with E-state index in [0.717, 1.165) is 6.92 Å².